The standard InChI is InChI=1S/C15H25N3O/c1-14(2)18(13-15-4-3-5-16-12-15)7-6-17-8-10-19-11-9-17/h3-5,12,14H,6-11,13H2,1-2H3. The lowest BCUT2D eigenvalue weighted by Gasteiger charge is -2.32. The molecule has 2 heterocycles. The minimum atomic E-state index is 0.557. The van der Waals surface area contributed by atoms with Crippen LogP contribution in [0.25, 0.3) is 0 Å². The van der Waals surface area contributed by atoms with Crippen molar-refractivity contribution in [3.8, 4) is 0 Å². The van der Waals surface area contributed by atoms with Crippen molar-refractivity contribution in [3.63, 3.8) is 0 Å². The molecular weight excluding hydrogens is 238 g/mol. The van der Waals surface area contributed by atoms with Crippen LogP contribution in [0.3, 0.4) is 0 Å². The van der Waals surface area contributed by atoms with Gasteiger partial charge in [-0.2, -0.15) is 0 Å². The molecule has 106 valence electrons. The summed E-state index contributed by atoms with van der Waals surface area (Å²) in [4.78, 5) is 9.19. The highest BCUT2D eigenvalue weighted by atomic mass is 16.5. The lowest BCUT2D eigenvalue weighted by atomic mass is 10.2. The van der Waals surface area contributed by atoms with E-state index < -0.39 is 0 Å². The first-order valence-electron chi connectivity index (χ1n) is 7.19. The molecule has 4 nitrogen and oxygen atoms in total. The van der Waals surface area contributed by atoms with Gasteiger partial charge in [-0.25, -0.2) is 0 Å². The van der Waals surface area contributed by atoms with Gasteiger partial charge >= 0.3 is 0 Å². The fraction of sp³-hybridized carbons (Fsp3) is 0.667. The number of hydrogen-bond acceptors (Lipinski definition) is 4. The van der Waals surface area contributed by atoms with Crippen LogP contribution in [-0.4, -0.2) is 60.2 Å². The molecule has 1 aromatic heterocycles. The predicted octanol–water partition coefficient (Wildman–Crippen LogP) is 1.62. The van der Waals surface area contributed by atoms with Crippen molar-refractivity contribution in [2.45, 2.75) is 26.4 Å². The maximum atomic E-state index is 5.39. The third-order valence-electron chi connectivity index (χ3n) is 3.65. The quantitative estimate of drug-likeness (QED) is 0.780. The van der Waals surface area contributed by atoms with Crippen molar-refractivity contribution >= 4 is 0 Å². The Morgan fingerprint density at radius 3 is 2.79 bits per heavy atom. The summed E-state index contributed by atoms with van der Waals surface area (Å²) in [7, 11) is 0. The average Bonchev–Trinajstić information content (AvgIpc) is 2.45. The maximum absolute atomic E-state index is 5.39. The van der Waals surface area contributed by atoms with E-state index in [1.165, 1.54) is 5.56 Å². The van der Waals surface area contributed by atoms with Crippen molar-refractivity contribution < 1.29 is 4.74 Å². The third-order valence-corrected chi connectivity index (χ3v) is 3.65. The first-order chi connectivity index (χ1) is 9.25. The van der Waals surface area contributed by atoms with Gasteiger partial charge in [-0.05, 0) is 25.5 Å². The van der Waals surface area contributed by atoms with Crippen molar-refractivity contribution in [1.82, 2.24) is 14.8 Å². The second-order valence-electron chi connectivity index (χ2n) is 5.38. The molecule has 1 aliphatic rings. The van der Waals surface area contributed by atoms with Crippen molar-refractivity contribution in [1.29, 1.82) is 0 Å². The predicted molar refractivity (Wildman–Crippen MR) is 77.0 cm³/mol. The first kappa shape index (κ1) is 14.4. The molecule has 19 heavy (non-hydrogen) atoms. The Labute approximate surface area is 116 Å². The monoisotopic (exact) mass is 263 g/mol. The van der Waals surface area contributed by atoms with Gasteiger partial charge in [-0.1, -0.05) is 6.07 Å². The van der Waals surface area contributed by atoms with Gasteiger partial charge in [0.15, 0.2) is 0 Å². The van der Waals surface area contributed by atoms with Crippen LogP contribution in [0.1, 0.15) is 19.4 Å². The van der Waals surface area contributed by atoms with Gasteiger partial charge in [0, 0.05) is 51.2 Å². The van der Waals surface area contributed by atoms with E-state index in [4.69, 9.17) is 4.74 Å². The number of nitrogens with zero attached hydrogens (tertiary/aromatic N) is 3. The summed E-state index contributed by atoms with van der Waals surface area (Å²) in [6.45, 7) is 11.6. The molecule has 0 bridgehead atoms. The molecule has 0 amide bonds. The van der Waals surface area contributed by atoms with E-state index in [-0.39, 0.29) is 0 Å². The molecule has 0 N–H and O–H groups in total. The Balaban J connectivity index is 1.82. The molecule has 1 saturated heterocycles. The molecule has 0 atom stereocenters. The highest BCUT2D eigenvalue weighted by Gasteiger charge is 2.14. The van der Waals surface area contributed by atoms with Crippen LogP contribution in [0.15, 0.2) is 24.5 Å². The van der Waals surface area contributed by atoms with Crippen LogP contribution in [-0.2, 0) is 11.3 Å². The summed E-state index contributed by atoms with van der Waals surface area (Å²) < 4.78 is 5.39. The molecular formula is C15H25N3O. The molecule has 0 aromatic carbocycles. The summed E-state index contributed by atoms with van der Waals surface area (Å²) in [5.74, 6) is 0. The zero-order valence-corrected chi connectivity index (χ0v) is 12.1. The van der Waals surface area contributed by atoms with E-state index in [1.807, 2.05) is 18.5 Å². The summed E-state index contributed by atoms with van der Waals surface area (Å²) in [6, 6.07) is 4.72. The molecule has 2 rings (SSSR count). The van der Waals surface area contributed by atoms with Crippen molar-refractivity contribution in [2.24, 2.45) is 0 Å². The Hall–Kier alpha value is -0.970. The van der Waals surface area contributed by atoms with Gasteiger partial charge < -0.3 is 4.74 Å². The lowest BCUT2D eigenvalue weighted by molar-refractivity contribution is 0.0311. The van der Waals surface area contributed by atoms with Crippen LogP contribution in [0.2, 0.25) is 0 Å². The molecule has 1 fully saturated rings. The van der Waals surface area contributed by atoms with Crippen molar-refractivity contribution in [3.05, 3.63) is 30.1 Å². The van der Waals surface area contributed by atoms with E-state index >= 15 is 0 Å². The van der Waals surface area contributed by atoms with Gasteiger partial charge in [0.1, 0.15) is 0 Å². The topological polar surface area (TPSA) is 28.6 Å². The third kappa shape index (κ3) is 4.90. The number of aromatic nitrogens is 1. The highest BCUT2D eigenvalue weighted by Crippen LogP contribution is 2.07. The van der Waals surface area contributed by atoms with Crippen LogP contribution in [0.4, 0.5) is 0 Å². The summed E-state index contributed by atoms with van der Waals surface area (Å²) in [5, 5.41) is 0. The Bertz CT molecular complexity index is 350. The molecule has 0 aliphatic carbocycles. The Morgan fingerprint density at radius 1 is 1.37 bits per heavy atom. The maximum Gasteiger partial charge on any atom is 0.0594 e. The lowest BCUT2D eigenvalue weighted by Crippen LogP contribution is -2.42. The van der Waals surface area contributed by atoms with E-state index in [0.717, 1.165) is 45.9 Å². The van der Waals surface area contributed by atoms with E-state index in [9.17, 15) is 0 Å². The second kappa shape index (κ2) is 7.58. The fourth-order valence-electron chi connectivity index (χ4n) is 2.34. The Morgan fingerprint density at radius 2 is 2.16 bits per heavy atom. The van der Waals surface area contributed by atoms with Gasteiger partial charge in [0.2, 0.25) is 0 Å². The highest BCUT2D eigenvalue weighted by molar-refractivity contribution is 5.08. The fourth-order valence-corrected chi connectivity index (χ4v) is 2.34. The van der Waals surface area contributed by atoms with Gasteiger partial charge in [-0.3, -0.25) is 14.8 Å². The smallest absolute Gasteiger partial charge is 0.0594 e. The number of morpholine rings is 1. The zero-order chi connectivity index (χ0) is 13.5. The van der Waals surface area contributed by atoms with Crippen LogP contribution in [0, 0.1) is 0 Å². The van der Waals surface area contributed by atoms with E-state index in [2.05, 4.69) is 34.7 Å². The first-order valence-corrected chi connectivity index (χ1v) is 7.19. The van der Waals surface area contributed by atoms with Crippen LogP contribution >= 0.6 is 0 Å². The van der Waals surface area contributed by atoms with E-state index in [1.54, 1.807) is 0 Å². The summed E-state index contributed by atoms with van der Waals surface area (Å²) in [5.41, 5.74) is 1.29. The minimum Gasteiger partial charge on any atom is -0.379 e. The number of hydrogen-bond donors (Lipinski definition) is 0. The summed E-state index contributed by atoms with van der Waals surface area (Å²) in [6.07, 6.45) is 3.79. The second-order valence-corrected chi connectivity index (χ2v) is 5.38. The van der Waals surface area contributed by atoms with Crippen molar-refractivity contribution in [2.75, 3.05) is 39.4 Å². The molecule has 4 heteroatoms. The average molecular weight is 263 g/mol. The van der Waals surface area contributed by atoms with Gasteiger partial charge in [0.25, 0.3) is 0 Å². The minimum absolute atomic E-state index is 0.557. The molecule has 0 spiro atoms. The van der Waals surface area contributed by atoms with Crippen LogP contribution < -0.4 is 0 Å². The SMILES string of the molecule is CC(C)N(CCN1CCOCC1)Cc1cccnc1. The largest absolute Gasteiger partial charge is 0.379 e. The number of ether oxygens (including phenoxy) is 1. The number of pyridine rings is 1. The molecule has 1 aromatic rings. The molecule has 1 aliphatic heterocycles. The number of rotatable bonds is 6. The summed E-state index contributed by atoms with van der Waals surface area (Å²) >= 11 is 0. The Kier molecular flexibility index (Phi) is 5.76. The normalized spacial score (nSPS) is 17.3. The van der Waals surface area contributed by atoms with Gasteiger partial charge in [-0.15, -0.1) is 0 Å². The van der Waals surface area contributed by atoms with Crippen LogP contribution in [0.5, 0.6) is 0 Å². The van der Waals surface area contributed by atoms with E-state index in [0.29, 0.717) is 6.04 Å². The molecule has 0 unspecified atom stereocenters. The molecule has 0 saturated carbocycles. The molecule has 0 radical (unpaired) electrons. The zero-order valence-electron chi connectivity index (χ0n) is 12.1. The van der Waals surface area contributed by atoms with Gasteiger partial charge in [0.05, 0.1) is 13.2 Å².